The van der Waals surface area contributed by atoms with Crippen LogP contribution in [0.3, 0.4) is 0 Å². The van der Waals surface area contributed by atoms with E-state index < -0.39 is 0 Å². The highest BCUT2D eigenvalue weighted by molar-refractivity contribution is 5.92. The van der Waals surface area contributed by atoms with Gasteiger partial charge in [0.15, 0.2) is 17.5 Å². The van der Waals surface area contributed by atoms with E-state index in [1.807, 2.05) is 18.2 Å². The van der Waals surface area contributed by atoms with Gasteiger partial charge < -0.3 is 20.5 Å². The van der Waals surface area contributed by atoms with Crippen molar-refractivity contribution in [3.8, 4) is 11.5 Å². The second-order valence-electron chi connectivity index (χ2n) is 5.48. The standard InChI is InChI=1S/C18H20FN3O2/c19-14-4-2-13(3-5-14)8-9-21-18(20)22-15-6-7-16-17(12-15)24-11-1-10-23-16/h2-7,12H,1,8-11H2,(H3,20,21,22). The Labute approximate surface area is 140 Å². The Balaban J connectivity index is 1.56. The van der Waals surface area contributed by atoms with E-state index in [-0.39, 0.29) is 5.82 Å². The fraction of sp³-hybridized carbons (Fsp3) is 0.278. The van der Waals surface area contributed by atoms with Crippen molar-refractivity contribution in [2.45, 2.75) is 12.8 Å². The van der Waals surface area contributed by atoms with Gasteiger partial charge >= 0.3 is 0 Å². The second-order valence-corrected chi connectivity index (χ2v) is 5.48. The highest BCUT2D eigenvalue weighted by Gasteiger charge is 2.10. The largest absolute Gasteiger partial charge is 0.490 e. The Hall–Kier alpha value is -2.76. The van der Waals surface area contributed by atoms with Gasteiger partial charge in [-0.3, -0.25) is 4.99 Å². The van der Waals surface area contributed by atoms with Crippen molar-refractivity contribution in [3.05, 3.63) is 53.8 Å². The van der Waals surface area contributed by atoms with E-state index in [1.165, 1.54) is 12.1 Å². The summed E-state index contributed by atoms with van der Waals surface area (Å²) in [6.45, 7) is 1.82. The van der Waals surface area contributed by atoms with Crippen molar-refractivity contribution in [2.75, 3.05) is 25.1 Å². The van der Waals surface area contributed by atoms with Crippen LogP contribution in [0.2, 0.25) is 0 Å². The smallest absolute Gasteiger partial charge is 0.193 e. The zero-order valence-corrected chi connectivity index (χ0v) is 13.3. The number of ether oxygens (including phenoxy) is 2. The first-order valence-corrected chi connectivity index (χ1v) is 7.92. The fourth-order valence-electron chi connectivity index (χ4n) is 2.38. The monoisotopic (exact) mass is 329 g/mol. The molecule has 24 heavy (non-hydrogen) atoms. The predicted molar refractivity (Wildman–Crippen MR) is 92.3 cm³/mol. The minimum Gasteiger partial charge on any atom is -0.490 e. The summed E-state index contributed by atoms with van der Waals surface area (Å²) in [5, 5.41) is 3.04. The molecular formula is C18H20FN3O2. The average molecular weight is 329 g/mol. The molecule has 0 saturated heterocycles. The van der Waals surface area contributed by atoms with E-state index in [9.17, 15) is 4.39 Å². The molecule has 1 aliphatic heterocycles. The summed E-state index contributed by atoms with van der Waals surface area (Å²) in [7, 11) is 0. The van der Waals surface area contributed by atoms with Crippen molar-refractivity contribution in [3.63, 3.8) is 0 Å². The molecule has 0 aliphatic carbocycles. The third-order valence-electron chi connectivity index (χ3n) is 3.62. The number of aliphatic imine (C=N–C) groups is 1. The zero-order valence-electron chi connectivity index (χ0n) is 13.3. The first kappa shape index (κ1) is 16.1. The van der Waals surface area contributed by atoms with Gasteiger partial charge in [0, 0.05) is 24.7 Å². The van der Waals surface area contributed by atoms with Gasteiger partial charge in [0.1, 0.15) is 5.82 Å². The van der Waals surface area contributed by atoms with Crippen molar-refractivity contribution >= 4 is 11.6 Å². The van der Waals surface area contributed by atoms with Gasteiger partial charge in [0.05, 0.1) is 13.2 Å². The number of nitrogens with zero attached hydrogens (tertiary/aromatic N) is 1. The maximum Gasteiger partial charge on any atom is 0.193 e. The first-order chi connectivity index (χ1) is 11.7. The molecule has 0 aromatic heterocycles. The van der Waals surface area contributed by atoms with Crippen LogP contribution >= 0.6 is 0 Å². The molecule has 0 bridgehead atoms. The fourth-order valence-corrected chi connectivity index (χ4v) is 2.38. The third-order valence-corrected chi connectivity index (χ3v) is 3.62. The molecule has 0 radical (unpaired) electrons. The Bertz CT molecular complexity index is 717. The summed E-state index contributed by atoms with van der Waals surface area (Å²) in [6.07, 6.45) is 1.56. The SMILES string of the molecule is NC(=NCCc1ccc(F)cc1)Nc1ccc2c(c1)OCCCO2. The summed E-state index contributed by atoms with van der Waals surface area (Å²) < 4.78 is 24.1. The number of nitrogens with two attached hydrogens (primary N) is 1. The molecule has 3 rings (SSSR count). The van der Waals surface area contributed by atoms with Crippen LogP contribution in [0.25, 0.3) is 0 Å². The second kappa shape index (κ2) is 7.68. The van der Waals surface area contributed by atoms with Crippen LogP contribution < -0.4 is 20.5 Å². The summed E-state index contributed by atoms with van der Waals surface area (Å²) in [5.74, 6) is 1.53. The molecule has 1 heterocycles. The van der Waals surface area contributed by atoms with Crippen molar-refractivity contribution < 1.29 is 13.9 Å². The maximum atomic E-state index is 12.8. The van der Waals surface area contributed by atoms with Crippen LogP contribution in [0, 0.1) is 5.82 Å². The molecule has 0 saturated carbocycles. The Morgan fingerprint density at radius 2 is 1.83 bits per heavy atom. The normalized spacial score (nSPS) is 14.1. The summed E-state index contributed by atoms with van der Waals surface area (Å²) in [4.78, 5) is 4.29. The van der Waals surface area contributed by atoms with E-state index in [2.05, 4.69) is 10.3 Å². The molecule has 3 N–H and O–H groups in total. The van der Waals surface area contributed by atoms with Gasteiger partial charge in [-0.05, 0) is 36.2 Å². The molecule has 0 spiro atoms. The number of nitrogens with one attached hydrogen (secondary N) is 1. The molecule has 6 heteroatoms. The number of benzene rings is 2. The molecule has 0 unspecified atom stereocenters. The van der Waals surface area contributed by atoms with Gasteiger partial charge in [0.25, 0.3) is 0 Å². The molecule has 0 fully saturated rings. The lowest BCUT2D eigenvalue weighted by Gasteiger charge is -2.10. The van der Waals surface area contributed by atoms with E-state index in [4.69, 9.17) is 15.2 Å². The molecule has 126 valence electrons. The highest BCUT2D eigenvalue weighted by atomic mass is 19.1. The minimum absolute atomic E-state index is 0.238. The van der Waals surface area contributed by atoms with Crippen molar-refractivity contribution in [1.82, 2.24) is 0 Å². The third kappa shape index (κ3) is 4.38. The van der Waals surface area contributed by atoms with Crippen molar-refractivity contribution in [2.24, 2.45) is 10.7 Å². The van der Waals surface area contributed by atoms with Crippen LogP contribution in [-0.4, -0.2) is 25.7 Å². The number of guanidine groups is 1. The quantitative estimate of drug-likeness (QED) is 0.668. The number of rotatable bonds is 4. The molecule has 0 atom stereocenters. The molecule has 2 aromatic carbocycles. The Kier molecular flexibility index (Phi) is 5.15. The van der Waals surface area contributed by atoms with E-state index >= 15 is 0 Å². The van der Waals surface area contributed by atoms with Gasteiger partial charge in [-0.2, -0.15) is 0 Å². The molecule has 2 aromatic rings. The first-order valence-electron chi connectivity index (χ1n) is 7.92. The average Bonchev–Trinajstić information content (AvgIpc) is 2.81. The number of halogens is 1. The van der Waals surface area contributed by atoms with E-state index in [0.717, 1.165) is 23.4 Å². The highest BCUT2D eigenvalue weighted by Crippen LogP contribution is 2.32. The minimum atomic E-state index is -0.238. The number of fused-ring (bicyclic) bond motifs is 1. The van der Waals surface area contributed by atoms with E-state index in [1.54, 1.807) is 12.1 Å². The molecule has 5 nitrogen and oxygen atoms in total. The summed E-state index contributed by atoms with van der Waals surface area (Å²) in [5.41, 5.74) is 7.72. The summed E-state index contributed by atoms with van der Waals surface area (Å²) >= 11 is 0. The van der Waals surface area contributed by atoms with Gasteiger partial charge in [-0.25, -0.2) is 4.39 Å². The van der Waals surface area contributed by atoms with Crippen LogP contribution in [0.4, 0.5) is 10.1 Å². The van der Waals surface area contributed by atoms with Crippen LogP contribution in [0.5, 0.6) is 11.5 Å². The Morgan fingerprint density at radius 1 is 1.08 bits per heavy atom. The number of hydrogen-bond acceptors (Lipinski definition) is 3. The molecular weight excluding hydrogens is 309 g/mol. The topological polar surface area (TPSA) is 68.9 Å². The Morgan fingerprint density at radius 3 is 2.62 bits per heavy atom. The lowest BCUT2D eigenvalue weighted by atomic mass is 10.1. The molecule has 1 aliphatic rings. The lowest BCUT2D eigenvalue weighted by Crippen LogP contribution is -2.23. The van der Waals surface area contributed by atoms with Gasteiger partial charge in [-0.15, -0.1) is 0 Å². The predicted octanol–water partition coefficient (Wildman–Crippen LogP) is 2.96. The zero-order chi connectivity index (χ0) is 16.8. The number of hydrogen-bond donors (Lipinski definition) is 2. The molecule has 0 amide bonds. The van der Waals surface area contributed by atoms with Crippen molar-refractivity contribution in [1.29, 1.82) is 0 Å². The number of anilines is 1. The van der Waals surface area contributed by atoms with Crippen LogP contribution in [0.1, 0.15) is 12.0 Å². The van der Waals surface area contributed by atoms with Gasteiger partial charge in [0.2, 0.25) is 0 Å². The van der Waals surface area contributed by atoms with Crippen LogP contribution in [0.15, 0.2) is 47.5 Å². The summed E-state index contributed by atoms with van der Waals surface area (Å²) in [6, 6.07) is 12.0. The maximum absolute atomic E-state index is 12.8. The van der Waals surface area contributed by atoms with E-state index in [0.29, 0.717) is 37.9 Å². The van der Waals surface area contributed by atoms with Crippen LogP contribution in [-0.2, 0) is 6.42 Å². The lowest BCUT2D eigenvalue weighted by molar-refractivity contribution is 0.297. The van der Waals surface area contributed by atoms with Gasteiger partial charge in [-0.1, -0.05) is 12.1 Å².